The first-order valence-electron chi connectivity index (χ1n) is 5.13. The molecule has 5 heteroatoms. The van der Waals surface area contributed by atoms with Gasteiger partial charge in [-0.05, 0) is 38.0 Å². The minimum atomic E-state index is -1.18. The molecular formula is C12H15NO4. The molecule has 5 nitrogen and oxygen atoms in total. The van der Waals surface area contributed by atoms with Crippen molar-refractivity contribution in [2.24, 2.45) is 0 Å². The summed E-state index contributed by atoms with van der Waals surface area (Å²) in [5, 5.41) is 8.64. The SMILES string of the molecule is Cc1cc(C)c(C(=O)OC(C)C(=O)O)cc1N. The Kier molecular flexibility index (Phi) is 3.73. The molecule has 1 aromatic carbocycles. The van der Waals surface area contributed by atoms with Crippen molar-refractivity contribution in [3.8, 4) is 0 Å². The van der Waals surface area contributed by atoms with Crippen LogP contribution >= 0.6 is 0 Å². The van der Waals surface area contributed by atoms with Gasteiger partial charge >= 0.3 is 11.9 Å². The number of anilines is 1. The number of nitrogens with two attached hydrogens (primary N) is 1. The van der Waals surface area contributed by atoms with Crippen LogP contribution in [-0.2, 0) is 9.53 Å². The highest BCUT2D eigenvalue weighted by Crippen LogP contribution is 2.19. The number of hydrogen-bond acceptors (Lipinski definition) is 4. The summed E-state index contributed by atoms with van der Waals surface area (Å²) < 4.78 is 4.78. The van der Waals surface area contributed by atoms with Gasteiger partial charge in [-0.15, -0.1) is 0 Å². The molecule has 0 saturated carbocycles. The molecule has 1 aromatic rings. The van der Waals surface area contributed by atoms with Crippen LogP contribution in [0.2, 0.25) is 0 Å². The Morgan fingerprint density at radius 1 is 1.29 bits per heavy atom. The molecule has 92 valence electrons. The normalized spacial score (nSPS) is 11.9. The molecule has 0 aliphatic heterocycles. The minimum absolute atomic E-state index is 0.293. The van der Waals surface area contributed by atoms with E-state index in [1.807, 2.05) is 6.92 Å². The van der Waals surface area contributed by atoms with Crippen LogP contribution in [0.25, 0.3) is 0 Å². The van der Waals surface area contributed by atoms with Crippen molar-refractivity contribution in [3.63, 3.8) is 0 Å². The molecule has 1 rings (SSSR count). The van der Waals surface area contributed by atoms with Crippen molar-refractivity contribution in [3.05, 3.63) is 28.8 Å². The average Bonchev–Trinajstić information content (AvgIpc) is 2.22. The lowest BCUT2D eigenvalue weighted by Crippen LogP contribution is -2.24. The maximum Gasteiger partial charge on any atom is 0.344 e. The fourth-order valence-electron chi connectivity index (χ4n) is 1.36. The summed E-state index contributed by atoms with van der Waals surface area (Å²) >= 11 is 0. The molecule has 0 aliphatic carbocycles. The number of aliphatic carboxylic acids is 1. The van der Waals surface area contributed by atoms with E-state index in [9.17, 15) is 9.59 Å². The van der Waals surface area contributed by atoms with E-state index < -0.39 is 18.0 Å². The first-order valence-corrected chi connectivity index (χ1v) is 5.13. The molecule has 1 atom stereocenters. The number of hydrogen-bond donors (Lipinski definition) is 2. The number of carbonyl (C=O) groups excluding carboxylic acids is 1. The second kappa shape index (κ2) is 4.86. The summed E-state index contributed by atoms with van der Waals surface area (Å²) in [6.07, 6.45) is -1.18. The van der Waals surface area contributed by atoms with E-state index in [1.165, 1.54) is 13.0 Å². The van der Waals surface area contributed by atoms with E-state index in [1.54, 1.807) is 13.0 Å². The molecule has 3 N–H and O–H groups in total. The van der Waals surface area contributed by atoms with Gasteiger partial charge in [0.25, 0.3) is 0 Å². The summed E-state index contributed by atoms with van der Waals surface area (Å²) in [6.45, 7) is 4.87. The summed E-state index contributed by atoms with van der Waals surface area (Å²) in [6, 6.07) is 3.26. The number of carboxylic acid groups (broad SMARTS) is 1. The Balaban J connectivity index is 2.97. The van der Waals surface area contributed by atoms with Gasteiger partial charge in [-0.3, -0.25) is 0 Å². The standard InChI is InChI=1S/C12H15NO4/c1-6-4-7(2)10(13)5-9(6)12(16)17-8(3)11(14)15/h4-5,8H,13H2,1-3H3,(H,14,15). The topological polar surface area (TPSA) is 89.6 Å². The Morgan fingerprint density at radius 3 is 2.41 bits per heavy atom. The zero-order valence-electron chi connectivity index (χ0n) is 9.98. The van der Waals surface area contributed by atoms with Crippen molar-refractivity contribution >= 4 is 17.6 Å². The molecular weight excluding hydrogens is 222 g/mol. The maximum atomic E-state index is 11.7. The number of carboxylic acids is 1. The average molecular weight is 237 g/mol. The zero-order valence-corrected chi connectivity index (χ0v) is 9.98. The van der Waals surface area contributed by atoms with Crippen LogP contribution in [0, 0.1) is 13.8 Å². The van der Waals surface area contributed by atoms with Gasteiger partial charge in [-0.1, -0.05) is 6.07 Å². The minimum Gasteiger partial charge on any atom is -0.479 e. The van der Waals surface area contributed by atoms with E-state index in [2.05, 4.69) is 0 Å². The second-order valence-corrected chi connectivity index (χ2v) is 3.91. The number of esters is 1. The van der Waals surface area contributed by atoms with Crippen LogP contribution in [0.15, 0.2) is 12.1 Å². The zero-order chi connectivity index (χ0) is 13.2. The van der Waals surface area contributed by atoms with Crippen LogP contribution in [0.4, 0.5) is 5.69 Å². The lowest BCUT2D eigenvalue weighted by molar-refractivity contribution is -0.146. The van der Waals surface area contributed by atoms with Gasteiger partial charge in [0, 0.05) is 5.69 Å². The molecule has 0 spiro atoms. The first kappa shape index (κ1) is 13.0. The quantitative estimate of drug-likeness (QED) is 0.614. The van der Waals surface area contributed by atoms with Gasteiger partial charge in [0.1, 0.15) is 0 Å². The largest absolute Gasteiger partial charge is 0.479 e. The summed E-state index contributed by atoms with van der Waals surface area (Å²) in [7, 11) is 0. The van der Waals surface area contributed by atoms with Crippen molar-refractivity contribution in [2.45, 2.75) is 26.9 Å². The van der Waals surface area contributed by atoms with Gasteiger partial charge in [0.2, 0.25) is 0 Å². The molecule has 17 heavy (non-hydrogen) atoms. The number of nitrogen functional groups attached to an aromatic ring is 1. The molecule has 0 bridgehead atoms. The van der Waals surface area contributed by atoms with Crippen molar-refractivity contribution in [1.82, 2.24) is 0 Å². The molecule has 0 heterocycles. The van der Waals surface area contributed by atoms with E-state index in [-0.39, 0.29) is 0 Å². The van der Waals surface area contributed by atoms with E-state index in [4.69, 9.17) is 15.6 Å². The Bertz CT molecular complexity index is 468. The van der Waals surface area contributed by atoms with Gasteiger partial charge < -0.3 is 15.6 Å². The highest BCUT2D eigenvalue weighted by Gasteiger charge is 2.19. The lowest BCUT2D eigenvalue weighted by Gasteiger charge is -2.12. The summed E-state index contributed by atoms with van der Waals surface area (Å²) in [4.78, 5) is 22.3. The molecule has 0 aromatic heterocycles. The number of aryl methyl sites for hydroxylation is 2. The summed E-state index contributed by atoms with van der Waals surface area (Å²) in [5.74, 6) is -1.86. The number of ether oxygens (including phenoxy) is 1. The number of rotatable bonds is 3. The Labute approximate surface area is 99.2 Å². The lowest BCUT2D eigenvalue weighted by atomic mass is 10.0. The van der Waals surface area contributed by atoms with Gasteiger partial charge in [0.15, 0.2) is 6.10 Å². The van der Waals surface area contributed by atoms with Crippen LogP contribution in [0.3, 0.4) is 0 Å². The van der Waals surface area contributed by atoms with Crippen molar-refractivity contribution in [2.75, 3.05) is 5.73 Å². The van der Waals surface area contributed by atoms with Crippen LogP contribution in [-0.4, -0.2) is 23.1 Å². The highest BCUT2D eigenvalue weighted by atomic mass is 16.6. The number of benzene rings is 1. The maximum absolute atomic E-state index is 11.7. The molecule has 0 radical (unpaired) electrons. The fraction of sp³-hybridized carbons (Fsp3) is 0.333. The van der Waals surface area contributed by atoms with Crippen LogP contribution < -0.4 is 5.73 Å². The Morgan fingerprint density at radius 2 is 1.88 bits per heavy atom. The number of carbonyl (C=O) groups is 2. The highest BCUT2D eigenvalue weighted by molar-refractivity contribution is 5.93. The molecule has 0 saturated heterocycles. The van der Waals surface area contributed by atoms with Crippen LogP contribution in [0.1, 0.15) is 28.4 Å². The Hall–Kier alpha value is -2.04. The third-order valence-corrected chi connectivity index (χ3v) is 2.46. The van der Waals surface area contributed by atoms with Gasteiger partial charge in [-0.25, -0.2) is 9.59 Å². The van der Waals surface area contributed by atoms with Crippen molar-refractivity contribution < 1.29 is 19.4 Å². The smallest absolute Gasteiger partial charge is 0.344 e. The predicted octanol–water partition coefficient (Wildman–Crippen LogP) is 1.52. The van der Waals surface area contributed by atoms with E-state index in [0.717, 1.165) is 5.56 Å². The third kappa shape index (κ3) is 2.96. The van der Waals surface area contributed by atoms with Crippen LogP contribution in [0.5, 0.6) is 0 Å². The monoisotopic (exact) mass is 237 g/mol. The molecule has 0 aliphatic rings. The molecule has 0 amide bonds. The van der Waals surface area contributed by atoms with Gasteiger partial charge in [-0.2, -0.15) is 0 Å². The molecule has 1 unspecified atom stereocenters. The summed E-state index contributed by atoms with van der Waals surface area (Å²) in [5.41, 5.74) is 8.04. The third-order valence-electron chi connectivity index (χ3n) is 2.46. The predicted molar refractivity (Wildman–Crippen MR) is 62.8 cm³/mol. The first-order chi connectivity index (χ1) is 7.82. The van der Waals surface area contributed by atoms with Gasteiger partial charge in [0.05, 0.1) is 5.56 Å². The second-order valence-electron chi connectivity index (χ2n) is 3.91. The van der Waals surface area contributed by atoms with Crippen molar-refractivity contribution in [1.29, 1.82) is 0 Å². The van der Waals surface area contributed by atoms with E-state index in [0.29, 0.717) is 16.8 Å². The fourth-order valence-corrected chi connectivity index (χ4v) is 1.36. The molecule has 0 fully saturated rings. The van der Waals surface area contributed by atoms with E-state index >= 15 is 0 Å².